The molecule has 8 aromatic rings. The van der Waals surface area contributed by atoms with Crippen molar-refractivity contribution in [3.05, 3.63) is 146 Å². The summed E-state index contributed by atoms with van der Waals surface area (Å²) in [5.41, 5.74) is 7.45. The van der Waals surface area contributed by atoms with E-state index in [4.69, 9.17) is 19.4 Å². The number of rotatable bonds is 5. The van der Waals surface area contributed by atoms with E-state index in [-0.39, 0.29) is 0 Å². The second-order valence-electron chi connectivity index (χ2n) is 10.3. The van der Waals surface area contributed by atoms with Crippen molar-refractivity contribution in [2.75, 3.05) is 0 Å². The molecular formula is C38H24N4O. The molecular weight excluding hydrogens is 528 g/mol. The maximum Gasteiger partial charge on any atom is 0.227 e. The zero-order valence-electron chi connectivity index (χ0n) is 23.1. The van der Waals surface area contributed by atoms with Crippen LogP contribution in [0, 0.1) is 0 Å². The first-order valence-corrected chi connectivity index (χ1v) is 14.2. The molecule has 6 aromatic carbocycles. The molecule has 0 aliphatic rings. The summed E-state index contributed by atoms with van der Waals surface area (Å²) in [6, 6.07) is 48.9. The highest BCUT2D eigenvalue weighted by atomic mass is 16.3. The summed E-state index contributed by atoms with van der Waals surface area (Å²) in [4.78, 5) is 19.7. The second-order valence-corrected chi connectivity index (χ2v) is 10.3. The Labute approximate surface area is 248 Å². The highest BCUT2D eigenvalue weighted by Crippen LogP contribution is 2.38. The molecule has 0 radical (unpaired) electrons. The van der Waals surface area contributed by atoms with Crippen LogP contribution < -0.4 is 0 Å². The summed E-state index contributed by atoms with van der Waals surface area (Å²) in [5, 5.41) is 2.19. The zero-order valence-corrected chi connectivity index (χ0v) is 23.1. The summed E-state index contributed by atoms with van der Waals surface area (Å²) >= 11 is 0. The van der Waals surface area contributed by atoms with E-state index in [9.17, 15) is 0 Å². The van der Waals surface area contributed by atoms with Crippen molar-refractivity contribution in [2.45, 2.75) is 0 Å². The number of hydrogen-bond acceptors (Lipinski definition) is 5. The van der Waals surface area contributed by atoms with Crippen LogP contribution in [0.3, 0.4) is 0 Å². The van der Waals surface area contributed by atoms with Crippen molar-refractivity contribution in [3.63, 3.8) is 0 Å². The molecule has 5 nitrogen and oxygen atoms in total. The fourth-order valence-corrected chi connectivity index (χ4v) is 5.46. The van der Waals surface area contributed by atoms with Crippen LogP contribution >= 0.6 is 0 Å². The number of aromatic nitrogens is 4. The average molecular weight is 553 g/mol. The minimum Gasteiger partial charge on any atom is -0.436 e. The number of fused-ring (bicyclic) bond motifs is 2. The molecule has 0 atom stereocenters. The Morgan fingerprint density at radius 2 is 0.977 bits per heavy atom. The van der Waals surface area contributed by atoms with Crippen LogP contribution in [-0.4, -0.2) is 19.9 Å². The lowest BCUT2D eigenvalue weighted by molar-refractivity contribution is 0.620. The fraction of sp³-hybridized carbons (Fsp3) is 0. The molecule has 8 rings (SSSR count). The van der Waals surface area contributed by atoms with Gasteiger partial charge in [0.2, 0.25) is 5.89 Å². The van der Waals surface area contributed by atoms with Gasteiger partial charge in [-0.3, -0.25) is 0 Å². The topological polar surface area (TPSA) is 64.7 Å². The van der Waals surface area contributed by atoms with E-state index in [1.165, 1.54) is 0 Å². The lowest BCUT2D eigenvalue weighted by atomic mass is 9.93. The second kappa shape index (κ2) is 10.5. The van der Waals surface area contributed by atoms with Gasteiger partial charge in [-0.05, 0) is 46.2 Å². The predicted molar refractivity (Wildman–Crippen MR) is 172 cm³/mol. The number of hydrogen-bond donors (Lipinski definition) is 0. The van der Waals surface area contributed by atoms with Gasteiger partial charge in [0.15, 0.2) is 23.1 Å². The lowest BCUT2D eigenvalue weighted by Crippen LogP contribution is -2.01. The normalized spacial score (nSPS) is 11.3. The summed E-state index contributed by atoms with van der Waals surface area (Å²) in [6.07, 6.45) is 0. The smallest absolute Gasteiger partial charge is 0.227 e. The lowest BCUT2D eigenvalue weighted by Gasteiger charge is -2.15. The van der Waals surface area contributed by atoms with Crippen molar-refractivity contribution < 1.29 is 4.42 Å². The third-order valence-electron chi connectivity index (χ3n) is 7.59. The maximum atomic E-state index is 6.02. The molecule has 0 N–H and O–H groups in total. The Morgan fingerprint density at radius 1 is 0.395 bits per heavy atom. The van der Waals surface area contributed by atoms with Crippen LogP contribution in [0.4, 0.5) is 0 Å². The number of nitrogens with zero attached hydrogens (tertiary/aromatic N) is 4. The summed E-state index contributed by atoms with van der Waals surface area (Å²) < 4.78 is 6.02. The molecule has 202 valence electrons. The Balaban J connectivity index is 1.32. The van der Waals surface area contributed by atoms with Crippen LogP contribution in [0.1, 0.15) is 0 Å². The van der Waals surface area contributed by atoms with Crippen LogP contribution in [0.25, 0.3) is 78.6 Å². The number of benzene rings is 6. The molecule has 43 heavy (non-hydrogen) atoms. The molecule has 0 bridgehead atoms. The SMILES string of the molecule is c1ccc(-c2nc(-c3ccccc3)nc(-c3c(-c4ccc(-c5nc6ccccc6o5)cc4)ccc4ccccc34)n2)cc1. The summed E-state index contributed by atoms with van der Waals surface area (Å²) in [7, 11) is 0. The van der Waals surface area contributed by atoms with Crippen molar-refractivity contribution in [3.8, 4) is 56.7 Å². The van der Waals surface area contributed by atoms with Gasteiger partial charge in [-0.15, -0.1) is 0 Å². The van der Waals surface area contributed by atoms with E-state index in [0.29, 0.717) is 23.4 Å². The molecule has 2 heterocycles. The van der Waals surface area contributed by atoms with Gasteiger partial charge in [0.1, 0.15) is 5.52 Å². The minimum atomic E-state index is 0.601. The van der Waals surface area contributed by atoms with Gasteiger partial charge in [-0.2, -0.15) is 0 Å². The third-order valence-corrected chi connectivity index (χ3v) is 7.59. The monoisotopic (exact) mass is 552 g/mol. The molecule has 2 aromatic heterocycles. The van der Waals surface area contributed by atoms with E-state index in [2.05, 4.69) is 65.6 Å². The Hall–Kier alpha value is -5.94. The molecule has 0 fully saturated rings. The Kier molecular flexibility index (Phi) is 6.05. The van der Waals surface area contributed by atoms with Crippen LogP contribution in [0.5, 0.6) is 0 Å². The molecule has 0 aliphatic heterocycles. The Bertz CT molecular complexity index is 2130. The standard InChI is InChI=1S/C38H24N4O/c1-3-12-27(13-4-1)35-40-36(28-14-5-2-6-15-28)42-37(41-35)34-30-16-8-7-11-25(30)23-24-31(34)26-19-21-29(22-20-26)38-39-32-17-9-10-18-33(32)43-38/h1-24H. The maximum absolute atomic E-state index is 6.02. The summed E-state index contributed by atoms with van der Waals surface area (Å²) in [5.74, 6) is 2.50. The minimum absolute atomic E-state index is 0.601. The van der Waals surface area contributed by atoms with Crippen molar-refractivity contribution in [2.24, 2.45) is 0 Å². The molecule has 0 amide bonds. The van der Waals surface area contributed by atoms with Crippen LogP contribution in [0.15, 0.2) is 150 Å². The molecule has 0 unspecified atom stereocenters. The highest BCUT2D eigenvalue weighted by molar-refractivity contribution is 6.03. The fourth-order valence-electron chi connectivity index (χ4n) is 5.46. The highest BCUT2D eigenvalue weighted by Gasteiger charge is 2.19. The number of para-hydroxylation sites is 2. The first-order valence-electron chi connectivity index (χ1n) is 14.2. The van der Waals surface area contributed by atoms with Gasteiger partial charge >= 0.3 is 0 Å². The molecule has 0 spiro atoms. The van der Waals surface area contributed by atoms with E-state index >= 15 is 0 Å². The van der Waals surface area contributed by atoms with Gasteiger partial charge in [0, 0.05) is 22.3 Å². The molecule has 0 aliphatic carbocycles. The molecule has 0 saturated carbocycles. The van der Waals surface area contributed by atoms with Gasteiger partial charge < -0.3 is 4.42 Å². The quantitative estimate of drug-likeness (QED) is 0.213. The predicted octanol–water partition coefficient (Wildman–Crippen LogP) is 9.50. The van der Waals surface area contributed by atoms with Crippen LogP contribution in [0.2, 0.25) is 0 Å². The third kappa shape index (κ3) is 4.63. The zero-order chi connectivity index (χ0) is 28.6. The molecule has 0 saturated heterocycles. The van der Waals surface area contributed by atoms with Gasteiger partial charge in [0.05, 0.1) is 0 Å². The molecule has 5 heteroatoms. The van der Waals surface area contributed by atoms with Crippen molar-refractivity contribution >= 4 is 21.9 Å². The van der Waals surface area contributed by atoms with Gasteiger partial charge in [-0.1, -0.05) is 121 Å². The van der Waals surface area contributed by atoms with Gasteiger partial charge in [0.25, 0.3) is 0 Å². The van der Waals surface area contributed by atoms with Gasteiger partial charge in [-0.25, -0.2) is 19.9 Å². The van der Waals surface area contributed by atoms with E-state index in [0.717, 1.165) is 55.3 Å². The Morgan fingerprint density at radius 3 is 1.67 bits per heavy atom. The number of oxazole rings is 1. The summed E-state index contributed by atoms with van der Waals surface area (Å²) in [6.45, 7) is 0. The van der Waals surface area contributed by atoms with Crippen LogP contribution in [-0.2, 0) is 0 Å². The first kappa shape index (κ1) is 24.8. The van der Waals surface area contributed by atoms with E-state index in [1.54, 1.807) is 0 Å². The first-order chi connectivity index (χ1) is 21.3. The van der Waals surface area contributed by atoms with Crippen molar-refractivity contribution in [1.29, 1.82) is 0 Å². The average Bonchev–Trinajstić information content (AvgIpc) is 3.53. The largest absolute Gasteiger partial charge is 0.436 e. The van der Waals surface area contributed by atoms with E-state index in [1.807, 2.05) is 84.9 Å². The van der Waals surface area contributed by atoms with E-state index < -0.39 is 0 Å². The van der Waals surface area contributed by atoms with Crippen molar-refractivity contribution in [1.82, 2.24) is 19.9 Å².